The second-order valence-corrected chi connectivity index (χ2v) is 3.32. The first-order valence-corrected chi connectivity index (χ1v) is 4.87. The number of para-hydroxylation sites is 2. The third-order valence-corrected chi connectivity index (χ3v) is 2.13. The van der Waals surface area contributed by atoms with Gasteiger partial charge >= 0.3 is 5.69 Å². The summed E-state index contributed by atoms with van der Waals surface area (Å²) >= 11 is 0. The summed E-state index contributed by atoms with van der Waals surface area (Å²) < 4.78 is 5.37. The highest BCUT2D eigenvalue weighted by Crippen LogP contribution is 2.31. The molecule has 0 aliphatic heterocycles. The van der Waals surface area contributed by atoms with Crippen molar-refractivity contribution in [1.82, 2.24) is 0 Å². The Morgan fingerprint density at radius 2 is 1.71 bits per heavy atom. The number of nitro groups is 1. The topological polar surface area (TPSA) is 72.6 Å². The number of rotatable bonds is 3. The van der Waals surface area contributed by atoms with Gasteiger partial charge in [0.15, 0.2) is 0 Å². The average Bonchev–Trinajstić information content (AvgIpc) is 2.32. The lowest BCUT2D eigenvalue weighted by Gasteiger charge is -2.05. The minimum atomic E-state index is -0.504. The highest BCUT2D eigenvalue weighted by molar-refractivity contribution is 5.48. The molecule has 86 valence electrons. The Labute approximate surface area is 97.0 Å². The van der Waals surface area contributed by atoms with Crippen molar-refractivity contribution >= 4 is 5.69 Å². The van der Waals surface area contributed by atoms with Crippen molar-refractivity contribution in [1.29, 1.82) is 0 Å². The van der Waals surface area contributed by atoms with E-state index in [1.165, 1.54) is 36.4 Å². The standard InChI is InChI=1S/C12H9NO4/c14-9-5-7-10(8-6-9)17-12-4-2-1-3-11(12)13(15)16/h1-8,14H. The zero-order valence-corrected chi connectivity index (χ0v) is 8.74. The smallest absolute Gasteiger partial charge is 0.311 e. The third kappa shape index (κ3) is 2.52. The summed E-state index contributed by atoms with van der Waals surface area (Å²) in [4.78, 5) is 10.2. The summed E-state index contributed by atoms with van der Waals surface area (Å²) in [5.74, 6) is 0.709. The minimum absolute atomic E-state index is 0.0967. The lowest BCUT2D eigenvalue weighted by atomic mass is 10.3. The molecule has 5 nitrogen and oxygen atoms in total. The van der Waals surface area contributed by atoms with E-state index in [4.69, 9.17) is 9.84 Å². The Bertz CT molecular complexity index is 536. The normalized spacial score (nSPS) is 9.88. The van der Waals surface area contributed by atoms with Gasteiger partial charge in [-0.1, -0.05) is 12.1 Å². The molecule has 2 rings (SSSR count). The molecule has 0 radical (unpaired) electrons. The van der Waals surface area contributed by atoms with E-state index in [1.807, 2.05) is 0 Å². The van der Waals surface area contributed by atoms with Gasteiger partial charge in [-0.05, 0) is 30.3 Å². The summed E-state index contributed by atoms with van der Waals surface area (Å²) in [5, 5.41) is 19.9. The molecular weight excluding hydrogens is 222 g/mol. The van der Waals surface area contributed by atoms with Crippen LogP contribution in [0.3, 0.4) is 0 Å². The quantitative estimate of drug-likeness (QED) is 0.650. The molecule has 1 N–H and O–H groups in total. The van der Waals surface area contributed by atoms with Crippen LogP contribution in [0, 0.1) is 10.1 Å². The summed E-state index contributed by atoms with van der Waals surface area (Å²) in [6.45, 7) is 0. The molecule has 0 aliphatic carbocycles. The number of aromatic hydroxyl groups is 1. The van der Waals surface area contributed by atoms with E-state index in [1.54, 1.807) is 12.1 Å². The van der Waals surface area contributed by atoms with Crippen LogP contribution in [-0.4, -0.2) is 10.0 Å². The van der Waals surface area contributed by atoms with Gasteiger partial charge in [-0.3, -0.25) is 10.1 Å². The van der Waals surface area contributed by atoms with Crippen LogP contribution in [-0.2, 0) is 0 Å². The number of hydrogen-bond acceptors (Lipinski definition) is 4. The maximum absolute atomic E-state index is 10.8. The predicted octanol–water partition coefficient (Wildman–Crippen LogP) is 3.09. The Balaban J connectivity index is 2.30. The van der Waals surface area contributed by atoms with Gasteiger partial charge in [0.1, 0.15) is 11.5 Å². The molecule has 17 heavy (non-hydrogen) atoms. The molecule has 0 saturated carbocycles. The van der Waals surface area contributed by atoms with Gasteiger partial charge in [0.05, 0.1) is 4.92 Å². The van der Waals surface area contributed by atoms with E-state index in [9.17, 15) is 10.1 Å². The van der Waals surface area contributed by atoms with Gasteiger partial charge in [-0.2, -0.15) is 0 Å². The zero-order chi connectivity index (χ0) is 12.3. The average molecular weight is 231 g/mol. The van der Waals surface area contributed by atoms with Crippen LogP contribution < -0.4 is 4.74 Å². The van der Waals surface area contributed by atoms with Crippen molar-refractivity contribution in [2.75, 3.05) is 0 Å². The Morgan fingerprint density at radius 3 is 2.35 bits per heavy atom. The summed E-state index contributed by atoms with van der Waals surface area (Å²) in [6.07, 6.45) is 0. The first-order chi connectivity index (χ1) is 8.16. The van der Waals surface area contributed by atoms with Crippen LogP contribution in [0.1, 0.15) is 0 Å². The zero-order valence-electron chi connectivity index (χ0n) is 8.74. The fourth-order valence-corrected chi connectivity index (χ4v) is 1.34. The van der Waals surface area contributed by atoms with Crippen LogP contribution in [0.4, 0.5) is 5.69 Å². The summed E-state index contributed by atoms with van der Waals surface area (Å²) in [7, 11) is 0. The molecule has 0 amide bonds. The highest BCUT2D eigenvalue weighted by Gasteiger charge is 2.14. The van der Waals surface area contributed by atoms with Gasteiger partial charge < -0.3 is 9.84 Å². The monoisotopic (exact) mass is 231 g/mol. The number of nitro benzene ring substituents is 1. The maximum Gasteiger partial charge on any atom is 0.311 e. The van der Waals surface area contributed by atoms with Crippen LogP contribution in [0.25, 0.3) is 0 Å². The van der Waals surface area contributed by atoms with Crippen molar-refractivity contribution in [2.45, 2.75) is 0 Å². The second-order valence-electron chi connectivity index (χ2n) is 3.32. The molecule has 0 fully saturated rings. The lowest BCUT2D eigenvalue weighted by molar-refractivity contribution is -0.385. The first-order valence-electron chi connectivity index (χ1n) is 4.87. The van der Waals surface area contributed by atoms with Gasteiger partial charge in [-0.25, -0.2) is 0 Å². The molecule has 0 aromatic heterocycles. The number of phenolic OH excluding ortho intramolecular Hbond substituents is 1. The SMILES string of the molecule is O=[N+]([O-])c1ccccc1Oc1ccc(O)cc1. The fraction of sp³-hybridized carbons (Fsp3) is 0. The van der Waals surface area contributed by atoms with Crippen molar-refractivity contribution in [3.8, 4) is 17.2 Å². The van der Waals surface area contributed by atoms with Crippen molar-refractivity contribution in [3.63, 3.8) is 0 Å². The van der Waals surface area contributed by atoms with E-state index in [0.717, 1.165) is 0 Å². The van der Waals surface area contributed by atoms with E-state index >= 15 is 0 Å². The first kappa shape index (κ1) is 10.9. The summed E-state index contributed by atoms with van der Waals surface area (Å²) in [5.41, 5.74) is -0.0967. The predicted molar refractivity (Wildman–Crippen MR) is 61.3 cm³/mol. The van der Waals surface area contributed by atoms with E-state index in [2.05, 4.69) is 0 Å². The number of benzene rings is 2. The highest BCUT2D eigenvalue weighted by atomic mass is 16.6. The van der Waals surface area contributed by atoms with Crippen molar-refractivity contribution in [2.24, 2.45) is 0 Å². The van der Waals surface area contributed by atoms with Gasteiger partial charge in [-0.15, -0.1) is 0 Å². The molecule has 0 unspecified atom stereocenters. The number of nitrogens with zero attached hydrogens (tertiary/aromatic N) is 1. The minimum Gasteiger partial charge on any atom is -0.508 e. The van der Waals surface area contributed by atoms with Gasteiger partial charge in [0.2, 0.25) is 5.75 Å². The van der Waals surface area contributed by atoms with Crippen LogP contribution in [0.2, 0.25) is 0 Å². The van der Waals surface area contributed by atoms with E-state index in [0.29, 0.717) is 5.75 Å². The molecular formula is C12H9NO4. The van der Waals surface area contributed by atoms with Gasteiger partial charge in [0.25, 0.3) is 0 Å². The molecule has 0 bridgehead atoms. The Hall–Kier alpha value is -2.56. The van der Waals surface area contributed by atoms with Crippen LogP contribution in [0.5, 0.6) is 17.2 Å². The molecule has 0 spiro atoms. The lowest BCUT2D eigenvalue weighted by Crippen LogP contribution is -1.92. The molecule has 5 heteroatoms. The van der Waals surface area contributed by atoms with Gasteiger partial charge in [0, 0.05) is 6.07 Å². The molecule has 0 saturated heterocycles. The fourth-order valence-electron chi connectivity index (χ4n) is 1.34. The van der Waals surface area contributed by atoms with E-state index in [-0.39, 0.29) is 17.2 Å². The maximum atomic E-state index is 10.8. The van der Waals surface area contributed by atoms with Crippen molar-refractivity contribution in [3.05, 3.63) is 58.6 Å². The Kier molecular flexibility index (Phi) is 2.91. The molecule has 0 aliphatic rings. The van der Waals surface area contributed by atoms with Crippen molar-refractivity contribution < 1.29 is 14.8 Å². The molecule has 2 aromatic carbocycles. The number of ether oxygens (including phenoxy) is 1. The van der Waals surface area contributed by atoms with Crippen LogP contribution in [0.15, 0.2) is 48.5 Å². The Morgan fingerprint density at radius 1 is 1.06 bits per heavy atom. The molecule has 0 heterocycles. The number of hydrogen-bond donors (Lipinski definition) is 1. The van der Waals surface area contributed by atoms with Crippen LogP contribution >= 0.6 is 0 Å². The molecule has 2 aromatic rings. The largest absolute Gasteiger partial charge is 0.508 e. The summed E-state index contributed by atoms with van der Waals surface area (Å²) in [6, 6.07) is 12.1. The third-order valence-electron chi connectivity index (χ3n) is 2.13. The molecule has 0 atom stereocenters. The van der Waals surface area contributed by atoms with E-state index < -0.39 is 4.92 Å². The second kappa shape index (κ2) is 4.52. The number of phenols is 1.